The molecule has 0 saturated heterocycles. The summed E-state index contributed by atoms with van der Waals surface area (Å²) < 4.78 is 0. The molecule has 0 heteroatoms. The summed E-state index contributed by atoms with van der Waals surface area (Å²) >= 11 is 0. The monoisotopic (exact) mass is 508 g/mol. The van der Waals surface area contributed by atoms with Crippen molar-refractivity contribution < 1.29 is 0 Å². The average Bonchev–Trinajstić information content (AvgIpc) is 2.99. The van der Waals surface area contributed by atoms with E-state index in [0.717, 1.165) is 88.6 Å². The molecule has 0 spiro atoms. The van der Waals surface area contributed by atoms with Crippen LogP contribution < -0.4 is 0 Å². The summed E-state index contributed by atoms with van der Waals surface area (Å²) in [5.41, 5.74) is 8.08. The van der Waals surface area contributed by atoms with Gasteiger partial charge >= 0.3 is 0 Å². The van der Waals surface area contributed by atoms with Crippen LogP contribution in [0.5, 0.6) is 0 Å². The molecule has 0 N–H and O–H groups in total. The lowest BCUT2D eigenvalue weighted by Gasteiger charge is -2.67. The second-order valence-corrected chi connectivity index (χ2v) is 12.0. The van der Waals surface area contributed by atoms with Crippen molar-refractivity contribution in [1.29, 1.82) is 0 Å². The van der Waals surface area contributed by atoms with Gasteiger partial charge in [0.25, 0.3) is 0 Å². The molecule has 0 amide bonds. The lowest BCUT2D eigenvalue weighted by molar-refractivity contribution is -0.0496. The van der Waals surface area contributed by atoms with Crippen LogP contribution in [0.3, 0.4) is 0 Å². The van der Waals surface area contributed by atoms with Crippen LogP contribution in [0.15, 0.2) is 54.6 Å². The van der Waals surface area contributed by atoms with Gasteiger partial charge in [0.05, 0.1) is 0 Å². The number of rotatable bonds is 3. The maximum atomic E-state index is 6.12. The molecule has 0 radical (unpaired) electrons. The first-order valence-corrected chi connectivity index (χ1v) is 13.6. The van der Waals surface area contributed by atoms with Crippen molar-refractivity contribution in [3.05, 3.63) is 105 Å². The fraction of sp³-hybridized carbons (Fsp3) is 0.250. The normalized spacial score (nSPS) is 27.3. The van der Waals surface area contributed by atoms with Gasteiger partial charge in [-0.3, -0.25) is 0 Å². The maximum absolute atomic E-state index is 6.12. The van der Waals surface area contributed by atoms with Gasteiger partial charge in [0.1, 0.15) is 0 Å². The molecule has 3 aromatic rings. The minimum atomic E-state index is -0.204. The predicted octanol–water partition coefficient (Wildman–Crippen LogP) is 6.69. The fourth-order valence-electron chi connectivity index (χ4n) is 8.94. The van der Waals surface area contributed by atoms with E-state index in [4.69, 9.17) is 38.5 Å². The topological polar surface area (TPSA) is 0 Å². The second-order valence-electron chi connectivity index (χ2n) is 12.0. The molecule has 4 aliphatic rings. The highest BCUT2D eigenvalue weighted by Gasteiger charge is 2.65. The van der Waals surface area contributed by atoms with E-state index in [9.17, 15) is 0 Å². The predicted molar refractivity (Wildman–Crippen MR) is 163 cm³/mol. The molecular weight excluding hydrogens is 480 g/mol. The van der Waals surface area contributed by atoms with E-state index in [1.807, 2.05) is 36.4 Å². The molecule has 4 aliphatic carbocycles. The molecule has 4 saturated carbocycles. The van der Waals surface area contributed by atoms with Crippen LogP contribution in [0, 0.1) is 80.0 Å². The Balaban J connectivity index is 1.68. The molecule has 0 nitrogen and oxygen atoms in total. The van der Waals surface area contributed by atoms with Crippen LogP contribution in [0.2, 0.25) is 0 Å². The van der Waals surface area contributed by atoms with Gasteiger partial charge in [-0.25, -0.2) is 0 Å². The molecule has 0 aromatic heterocycles. The summed E-state index contributed by atoms with van der Waals surface area (Å²) in [6.07, 6.45) is 41.9. The van der Waals surface area contributed by atoms with E-state index < -0.39 is 0 Å². The maximum Gasteiger partial charge on any atom is 0.0281 e. The Labute approximate surface area is 239 Å². The quantitative estimate of drug-likeness (QED) is 0.346. The van der Waals surface area contributed by atoms with Gasteiger partial charge in [-0.15, -0.1) is 38.5 Å². The summed E-state index contributed by atoms with van der Waals surface area (Å²) in [5.74, 6) is 17.9. The summed E-state index contributed by atoms with van der Waals surface area (Å²) in [7, 11) is 0. The highest BCUT2D eigenvalue weighted by Crippen LogP contribution is 2.71. The van der Waals surface area contributed by atoms with Crippen LogP contribution in [-0.4, -0.2) is 0 Å². The zero-order valence-corrected chi connectivity index (χ0v) is 22.5. The number of hydrogen-bond donors (Lipinski definition) is 0. The standard InChI is InChI=1S/C40H28/c1-7-28-13-16-32(10-4)35(19-28)38-22-31-23-39(25-38,36-20-29(8-2)14-17-33(36)11-5)27-40(24-31,26-38)37-21-30(9-3)15-18-34(37)12-6/h1-6,13-21,31H,22-27H2. The Morgan fingerprint density at radius 3 is 1.00 bits per heavy atom. The summed E-state index contributed by atoms with van der Waals surface area (Å²) in [4.78, 5) is 0. The van der Waals surface area contributed by atoms with Gasteiger partial charge in [0.15, 0.2) is 0 Å². The molecule has 3 aromatic carbocycles. The van der Waals surface area contributed by atoms with E-state index in [0.29, 0.717) is 5.92 Å². The Hall–Kier alpha value is -4.98. The van der Waals surface area contributed by atoms with Crippen LogP contribution in [-0.2, 0) is 16.2 Å². The molecule has 0 heterocycles. The third kappa shape index (κ3) is 3.60. The van der Waals surface area contributed by atoms with Crippen molar-refractivity contribution in [3.63, 3.8) is 0 Å². The largest absolute Gasteiger partial charge is 0.115 e. The zero-order valence-electron chi connectivity index (χ0n) is 22.5. The van der Waals surface area contributed by atoms with Crippen molar-refractivity contribution in [2.75, 3.05) is 0 Å². The first-order valence-electron chi connectivity index (χ1n) is 13.6. The first-order chi connectivity index (χ1) is 19.4. The summed E-state index contributed by atoms with van der Waals surface area (Å²) in [6, 6.07) is 18.2. The van der Waals surface area contributed by atoms with E-state index in [1.165, 1.54) is 0 Å². The molecule has 40 heavy (non-hydrogen) atoms. The van der Waals surface area contributed by atoms with Gasteiger partial charge in [-0.2, -0.15) is 0 Å². The lowest BCUT2D eigenvalue weighted by Crippen LogP contribution is -2.62. The van der Waals surface area contributed by atoms with Gasteiger partial charge in [-0.05, 0) is 132 Å². The Morgan fingerprint density at radius 1 is 0.450 bits per heavy atom. The van der Waals surface area contributed by atoms with Gasteiger partial charge < -0.3 is 0 Å². The van der Waals surface area contributed by atoms with Gasteiger partial charge in [0.2, 0.25) is 0 Å². The van der Waals surface area contributed by atoms with Crippen molar-refractivity contribution in [2.45, 2.75) is 54.8 Å². The number of hydrogen-bond acceptors (Lipinski definition) is 0. The Bertz CT molecular complexity index is 1610. The van der Waals surface area contributed by atoms with Crippen molar-refractivity contribution in [1.82, 2.24) is 0 Å². The van der Waals surface area contributed by atoms with E-state index in [1.54, 1.807) is 0 Å². The van der Waals surface area contributed by atoms with Crippen molar-refractivity contribution in [2.24, 2.45) is 5.92 Å². The van der Waals surface area contributed by atoms with Crippen LogP contribution in [0.25, 0.3) is 0 Å². The minimum absolute atomic E-state index is 0.204. The molecule has 0 atom stereocenters. The zero-order chi connectivity index (χ0) is 28.1. The highest BCUT2D eigenvalue weighted by atomic mass is 14.7. The van der Waals surface area contributed by atoms with E-state index in [2.05, 4.69) is 53.7 Å². The molecule has 0 unspecified atom stereocenters. The Kier molecular flexibility index (Phi) is 5.73. The second kappa shape index (κ2) is 9.05. The number of terminal acetylenes is 6. The third-order valence-electron chi connectivity index (χ3n) is 9.81. The SMILES string of the molecule is C#Cc1ccc(C#C)c(C23CC4CC(c5cc(C#C)ccc5C#C)(C2)CC(c2cc(C#C)ccc2C#C)(C4)C3)c1. The van der Waals surface area contributed by atoms with Crippen LogP contribution in [0.1, 0.15) is 88.6 Å². The molecule has 188 valence electrons. The van der Waals surface area contributed by atoms with Crippen molar-refractivity contribution >= 4 is 0 Å². The van der Waals surface area contributed by atoms with Crippen LogP contribution in [0.4, 0.5) is 0 Å². The van der Waals surface area contributed by atoms with Crippen molar-refractivity contribution in [3.8, 4) is 74.1 Å². The highest BCUT2D eigenvalue weighted by molar-refractivity contribution is 5.58. The molecule has 4 fully saturated rings. The lowest BCUT2D eigenvalue weighted by atomic mass is 9.36. The first kappa shape index (κ1) is 25.3. The average molecular weight is 509 g/mol. The van der Waals surface area contributed by atoms with Crippen LogP contribution >= 0.6 is 0 Å². The molecule has 4 bridgehead atoms. The van der Waals surface area contributed by atoms with E-state index >= 15 is 0 Å². The number of benzene rings is 3. The minimum Gasteiger partial charge on any atom is -0.115 e. The molecule has 7 rings (SSSR count). The smallest absolute Gasteiger partial charge is 0.0281 e. The van der Waals surface area contributed by atoms with E-state index in [-0.39, 0.29) is 16.2 Å². The fourth-order valence-corrected chi connectivity index (χ4v) is 8.94. The van der Waals surface area contributed by atoms with Gasteiger partial charge in [-0.1, -0.05) is 35.5 Å². The van der Waals surface area contributed by atoms with Gasteiger partial charge in [0, 0.05) is 33.4 Å². The Morgan fingerprint density at radius 2 is 0.750 bits per heavy atom. The summed E-state index contributed by atoms with van der Waals surface area (Å²) in [6.45, 7) is 0. The third-order valence-corrected chi connectivity index (χ3v) is 9.81. The molecule has 0 aliphatic heterocycles. The summed E-state index contributed by atoms with van der Waals surface area (Å²) in [5, 5.41) is 0. The molecular formula is C40H28.